The summed E-state index contributed by atoms with van der Waals surface area (Å²) in [5.74, 6) is -0.341. The number of carbonyl (C=O) groups is 1. The number of rotatable bonds is 10. The second-order valence-electron chi connectivity index (χ2n) is 4.83. The normalized spacial score (nSPS) is 15.5. The number of alkyl halides is 1. The Morgan fingerprint density at radius 3 is 2.53 bits per heavy atom. The van der Waals surface area contributed by atoms with E-state index in [1.54, 1.807) is 13.0 Å². The predicted octanol–water partition coefficient (Wildman–Crippen LogP) is 3.99. The van der Waals surface area contributed by atoms with E-state index in [0.717, 1.165) is 0 Å². The smallest absolute Gasteiger partial charge is 0.331 e. The topological polar surface area (TPSA) is 63.6 Å². The average molecular weight is 311 g/mol. The lowest BCUT2D eigenvalue weighted by Gasteiger charge is -2.20. The van der Waals surface area contributed by atoms with Crippen LogP contribution in [0.2, 0.25) is 0 Å². The first-order chi connectivity index (χ1) is 8.84. The van der Waals surface area contributed by atoms with Crippen molar-refractivity contribution in [3.8, 4) is 0 Å². The first kappa shape index (κ1) is 18.7. The highest BCUT2D eigenvalue weighted by Gasteiger charge is 2.27. The molecule has 0 amide bonds. The Kier molecular flexibility index (Phi) is 9.42. The molecule has 0 aromatic rings. The zero-order valence-electron chi connectivity index (χ0n) is 11.9. The molecule has 0 saturated carbocycles. The van der Waals surface area contributed by atoms with E-state index < -0.39 is 13.3 Å². The number of hydrogen-bond acceptors (Lipinski definition) is 3. The zero-order chi connectivity index (χ0) is 14.9. The molecule has 0 bridgehead atoms. The maximum atomic E-state index is 12.6. The quantitative estimate of drug-likeness (QED) is 0.287. The molecular weight excluding hydrogens is 287 g/mol. The summed E-state index contributed by atoms with van der Waals surface area (Å²) in [6, 6.07) is 0. The van der Waals surface area contributed by atoms with Crippen LogP contribution in [0.1, 0.15) is 33.6 Å². The van der Waals surface area contributed by atoms with Crippen LogP contribution in [0.15, 0.2) is 11.6 Å². The van der Waals surface area contributed by atoms with Crippen molar-refractivity contribution in [3.63, 3.8) is 0 Å². The average Bonchev–Trinajstić information content (AvgIpc) is 2.26. The highest BCUT2D eigenvalue weighted by Crippen LogP contribution is 2.50. The minimum Gasteiger partial charge on any atom is -0.478 e. The third kappa shape index (κ3) is 8.46. The van der Waals surface area contributed by atoms with E-state index in [0.29, 0.717) is 31.5 Å². The zero-order valence-corrected chi connectivity index (χ0v) is 13.5. The predicted molar refractivity (Wildman–Crippen MR) is 79.5 cm³/mol. The Bertz CT molecular complexity index is 353. The van der Waals surface area contributed by atoms with Crippen molar-refractivity contribution in [2.75, 3.05) is 24.8 Å². The Morgan fingerprint density at radius 1 is 1.47 bits per heavy atom. The number of halogens is 1. The van der Waals surface area contributed by atoms with Gasteiger partial charge in [0.05, 0.1) is 12.8 Å². The number of aliphatic carboxylic acids is 1. The standard InChI is InChI=1S/C13H24ClO4P/c1-4-18-19(17,9-11(2)3)10-12(13(15)16)7-5-6-8-14/h7,11H,4-6,8-10H2,1-3H3,(H,15,16)/b12-7+. The molecular formula is C13H24ClO4P. The molecule has 4 nitrogen and oxygen atoms in total. The molecule has 0 fully saturated rings. The van der Waals surface area contributed by atoms with Gasteiger partial charge in [-0.15, -0.1) is 11.6 Å². The van der Waals surface area contributed by atoms with E-state index in [9.17, 15) is 9.36 Å². The third-order valence-electron chi connectivity index (χ3n) is 2.42. The molecule has 6 heteroatoms. The molecule has 0 aromatic carbocycles. The van der Waals surface area contributed by atoms with Gasteiger partial charge in [-0.05, 0) is 25.7 Å². The summed E-state index contributed by atoms with van der Waals surface area (Å²) in [4.78, 5) is 11.2. The molecule has 0 heterocycles. The van der Waals surface area contributed by atoms with Crippen molar-refractivity contribution in [1.29, 1.82) is 0 Å². The van der Waals surface area contributed by atoms with Gasteiger partial charge >= 0.3 is 5.97 Å². The van der Waals surface area contributed by atoms with Crippen LogP contribution < -0.4 is 0 Å². The van der Waals surface area contributed by atoms with Gasteiger partial charge < -0.3 is 9.63 Å². The van der Waals surface area contributed by atoms with Crippen LogP contribution in [0.5, 0.6) is 0 Å². The number of allylic oxidation sites excluding steroid dienone is 1. The van der Waals surface area contributed by atoms with Gasteiger partial charge in [0.1, 0.15) is 0 Å². The van der Waals surface area contributed by atoms with E-state index in [2.05, 4.69) is 0 Å². The molecule has 112 valence electrons. The molecule has 1 N–H and O–H groups in total. The summed E-state index contributed by atoms with van der Waals surface area (Å²) in [5.41, 5.74) is 0.169. The van der Waals surface area contributed by atoms with Crippen molar-refractivity contribution >= 4 is 24.9 Å². The number of hydrogen-bond donors (Lipinski definition) is 1. The fourth-order valence-electron chi connectivity index (χ4n) is 1.79. The summed E-state index contributed by atoms with van der Waals surface area (Å²) in [5, 5.41) is 9.16. The highest BCUT2D eigenvalue weighted by molar-refractivity contribution is 7.59. The monoisotopic (exact) mass is 310 g/mol. The summed E-state index contributed by atoms with van der Waals surface area (Å²) in [6.45, 7) is 6.00. The van der Waals surface area contributed by atoms with Gasteiger partial charge in [0.25, 0.3) is 0 Å². The van der Waals surface area contributed by atoms with Crippen molar-refractivity contribution in [1.82, 2.24) is 0 Å². The third-order valence-corrected chi connectivity index (χ3v) is 5.53. The Morgan fingerprint density at radius 2 is 2.11 bits per heavy atom. The van der Waals surface area contributed by atoms with Crippen LogP contribution in [0.25, 0.3) is 0 Å². The highest BCUT2D eigenvalue weighted by atomic mass is 35.5. The van der Waals surface area contributed by atoms with E-state index in [1.165, 1.54) is 0 Å². The lowest BCUT2D eigenvalue weighted by molar-refractivity contribution is -0.132. The Hall–Kier alpha value is -0.310. The summed E-state index contributed by atoms with van der Waals surface area (Å²) in [7, 11) is -2.92. The Labute approximate surface area is 120 Å². The second kappa shape index (κ2) is 9.57. The first-order valence-corrected chi connectivity index (χ1v) is 9.08. The van der Waals surface area contributed by atoms with Crippen LogP contribution in [0.4, 0.5) is 0 Å². The van der Waals surface area contributed by atoms with Gasteiger partial charge in [-0.2, -0.15) is 0 Å². The molecule has 0 aliphatic heterocycles. The minimum atomic E-state index is -2.92. The number of unbranched alkanes of at least 4 members (excludes halogenated alkanes) is 1. The van der Waals surface area contributed by atoms with Crippen LogP contribution in [-0.4, -0.2) is 35.9 Å². The fourth-order valence-corrected chi connectivity index (χ4v) is 4.63. The van der Waals surface area contributed by atoms with Gasteiger partial charge in [-0.3, -0.25) is 4.57 Å². The maximum Gasteiger partial charge on any atom is 0.331 e. The van der Waals surface area contributed by atoms with Crippen molar-refractivity contribution in [3.05, 3.63) is 11.6 Å². The molecule has 0 rings (SSSR count). The van der Waals surface area contributed by atoms with Crippen LogP contribution in [-0.2, 0) is 13.9 Å². The fraction of sp³-hybridized carbons (Fsp3) is 0.769. The molecule has 0 radical (unpaired) electrons. The molecule has 1 unspecified atom stereocenters. The van der Waals surface area contributed by atoms with Crippen LogP contribution in [0, 0.1) is 5.92 Å². The van der Waals surface area contributed by atoms with Crippen molar-refractivity contribution in [2.24, 2.45) is 5.92 Å². The van der Waals surface area contributed by atoms with Gasteiger partial charge in [0.2, 0.25) is 7.37 Å². The lowest BCUT2D eigenvalue weighted by atomic mass is 10.2. The number of carboxylic acid groups (broad SMARTS) is 1. The van der Waals surface area contributed by atoms with Gasteiger partial charge in [-0.25, -0.2) is 4.79 Å². The Balaban J connectivity index is 4.89. The maximum absolute atomic E-state index is 12.6. The molecule has 19 heavy (non-hydrogen) atoms. The minimum absolute atomic E-state index is 0.00333. The van der Waals surface area contributed by atoms with Gasteiger partial charge in [0.15, 0.2) is 0 Å². The van der Waals surface area contributed by atoms with E-state index in [1.807, 2.05) is 13.8 Å². The number of carboxylic acids is 1. The SMILES string of the molecule is CCOP(=O)(C/C(=C\CCCCl)C(=O)O)CC(C)C. The molecule has 0 saturated heterocycles. The van der Waals surface area contributed by atoms with E-state index >= 15 is 0 Å². The molecule has 0 aromatic heterocycles. The van der Waals surface area contributed by atoms with Crippen molar-refractivity contribution < 1.29 is 19.0 Å². The van der Waals surface area contributed by atoms with Gasteiger partial charge in [-0.1, -0.05) is 19.9 Å². The van der Waals surface area contributed by atoms with E-state index in [-0.39, 0.29) is 17.7 Å². The molecule has 0 aliphatic carbocycles. The summed E-state index contributed by atoms with van der Waals surface area (Å²) >= 11 is 5.56. The van der Waals surface area contributed by atoms with Gasteiger partial charge in [0, 0.05) is 17.6 Å². The largest absolute Gasteiger partial charge is 0.478 e. The van der Waals surface area contributed by atoms with Crippen molar-refractivity contribution in [2.45, 2.75) is 33.6 Å². The molecule has 0 spiro atoms. The van der Waals surface area contributed by atoms with Crippen LogP contribution in [0.3, 0.4) is 0 Å². The summed E-state index contributed by atoms with van der Waals surface area (Å²) in [6.07, 6.45) is 3.30. The summed E-state index contributed by atoms with van der Waals surface area (Å²) < 4.78 is 18.0. The first-order valence-electron chi connectivity index (χ1n) is 6.55. The van der Waals surface area contributed by atoms with E-state index in [4.69, 9.17) is 21.2 Å². The second-order valence-corrected chi connectivity index (χ2v) is 7.78. The molecule has 0 aliphatic rings. The lowest BCUT2D eigenvalue weighted by Crippen LogP contribution is -2.12. The van der Waals surface area contributed by atoms with Crippen LogP contribution >= 0.6 is 19.0 Å². The molecule has 1 atom stereocenters.